The van der Waals surface area contributed by atoms with Crippen molar-refractivity contribution in [2.24, 2.45) is 0 Å². The van der Waals surface area contributed by atoms with Crippen molar-refractivity contribution in [3.05, 3.63) is 18.2 Å². The minimum absolute atomic E-state index is 0.0782. The quantitative estimate of drug-likeness (QED) is 0.799. The summed E-state index contributed by atoms with van der Waals surface area (Å²) in [6, 6.07) is 1.40. The summed E-state index contributed by atoms with van der Waals surface area (Å²) in [5.41, 5.74) is 0.347. The average molecular weight is 353 g/mol. The third kappa shape index (κ3) is 3.34. The van der Waals surface area contributed by atoms with Crippen molar-refractivity contribution in [3.8, 4) is 11.6 Å². The van der Waals surface area contributed by atoms with Gasteiger partial charge in [-0.2, -0.15) is 0 Å². The lowest BCUT2D eigenvalue weighted by Crippen LogP contribution is -2.27. The number of sulfonamides is 1. The number of carbonyl (C=O) groups is 1. The van der Waals surface area contributed by atoms with Gasteiger partial charge in [-0.3, -0.25) is 4.79 Å². The van der Waals surface area contributed by atoms with Gasteiger partial charge in [0.1, 0.15) is 10.6 Å². The summed E-state index contributed by atoms with van der Waals surface area (Å²) in [4.78, 5) is 16.7. The number of carbonyl (C=O) groups excluding carboxylic acids is 1. The van der Waals surface area contributed by atoms with E-state index >= 15 is 0 Å². The van der Waals surface area contributed by atoms with Crippen LogP contribution in [0.3, 0.4) is 0 Å². The molecule has 2 N–H and O–H groups in total. The Morgan fingerprint density at radius 2 is 2.12 bits per heavy atom. The molecule has 2 aromatic rings. The van der Waals surface area contributed by atoms with E-state index in [1.54, 1.807) is 4.90 Å². The second-order valence-electron chi connectivity index (χ2n) is 5.56. The molecule has 1 fully saturated rings. The average Bonchev–Trinajstić information content (AvgIpc) is 3.32. The molecule has 0 saturated carbocycles. The molecule has 0 aromatic carbocycles. The number of amides is 1. The minimum Gasteiger partial charge on any atom is -0.411 e. The topological polar surface area (TPSA) is 121 Å². The minimum atomic E-state index is -3.58. The van der Waals surface area contributed by atoms with E-state index in [9.17, 15) is 13.2 Å². The molecule has 1 amide bonds. The first-order valence-corrected chi connectivity index (χ1v) is 9.31. The van der Waals surface area contributed by atoms with Gasteiger partial charge in [0.05, 0.1) is 0 Å². The molecular formula is C14H19N5O4S. The molecule has 130 valence electrons. The Hall–Kier alpha value is -2.20. The van der Waals surface area contributed by atoms with Gasteiger partial charge < -0.3 is 14.3 Å². The Morgan fingerprint density at radius 3 is 2.83 bits per heavy atom. The van der Waals surface area contributed by atoms with Gasteiger partial charge in [-0.1, -0.05) is 6.92 Å². The van der Waals surface area contributed by atoms with Crippen LogP contribution in [0.25, 0.3) is 11.6 Å². The fourth-order valence-electron chi connectivity index (χ4n) is 2.45. The first-order valence-electron chi connectivity index (χ1n) is 7.82. The van der Waals surface area contributed by atoms with Crippen LogP contribution in [0, 0.1) is 0 Å². The fraction of sp³-hybridized carbons (Fsp3) is 0.500. The van der Waals surface area contributed by atoms with Crippen molar-refractivity contribution in [1.82, 2.24) is 24.8 Å². The third-order valence-corrected chi connectivity index (χ3v) is 5.18. The third-order valence-electron chi connectivity index (χ3n) is 3.74. The van der Waals surface area contributed by atoms with Gasteiger partial charge in [-0.15, -0.1) is 10.2 Å². The lowest BCUT2D eigenvalue weighted by atomic mass is 10.4. The van der Waals surface area contributed by atoms with Crippen LogP contribution in [-0.2, 0) is 10.0 Å². The second-order valence-corrected chi connectivity index (χ2v) is 7.33. The Balaban J connectivity index is 1.77. The van der Waals surface area contributed by atoms with E-state index in [2.05, 4.69) is 19.9 Å². The highest BCUT2D eigenvalue weighted by atomic mass is 32.2. The molecule has 1 aliphatic rings. The van der Waals surface area contributed by atoms with E-state index in [-0.39, 0.29) is 22.6 Å². The zero-order chi connectivity index (χ0) is 17.2. The maximum absolute atomic E-state index is 12.2. The number of H-pyrrole nitrogens is 1. The largest absolute Gasteiger partial charge is 0.411 e. The maximum Gasteiger partial charge on any atom is 0.311 e. The van der Waals surface area contributed by atoms with E-state index in [0.29, 0.717) is 31.7 Å². The molecule has 0 radical (unpaired) electrons. The standard InChI is InChI=1S/C14H19N5O4S/c1-2-5-16-24(21,22)10-8-11(15-9-10)12-17-18-13(23-12)14(20)19-6-3-4-7-19/h8-9,15-16H,2-7H2,1H3. The number of nitrogens with zero attached hydrogens (tertiary/aromatic N) is 3. The Morgan fingerprint density at radius 1 is 1.38 bits per heavy atom. The van der Waals surface area contributed by atoms with E-state index in [4.69, 9.17) is 4.42 Å². The molecule has 1 aliphatic heterocycles. The van der Waals surface area contributed by atoms with Crippen molar-refractivity contribution in [2.75, 3.05) is 19.6 Å². The Kier molecular flexibility index (Phi) is 4.67. The van der Waals surface area contributed by atoms with Crippen molar-refractivity contribution in [2.45, 2.75) is 31.1 Å². The molecule has 0 atom stereocenters. The predicted molar refractivity (Wildman–Crippen MR) is 84.7 cm³/mol. The Bertz CT molecular complexity index is 820. The van der Waals surface area contributed by atoms with Crippen molar-refractivity contribution in [3.63, 3.8) is 0 Å². The summed E-state index contributed by atoms with van der Waals surface area (Å²) in [6.07, 6.45) is 3.98. The van der Waals surface area contributed by atoms with Gasteiger partial charge in [0.15, 0.2) is 0 Å². The summed E-state index contributed by atoms with van der Waals surface area (Å²) in [6.45, 7) is 3.61. The summed E-state index contributed by atoms with van der Waals surface area (Å²) in [7, 11) is -3.58. The summed E-state index contributed by atoms with van der Waals surface area (Å²) >= 11 is 0. The maximum atomic E-state index is 12.2. The molecule has 9 nitrogen and oxygen atoms in total. The van der Waals surface area contributed by atoms with Crippen LogP contribution >= 0.6 is 0 Å². The predicted octanol–water partition coefficient (Wildman–Crippen LogP) is 0.989. The Labute approximate surface area is 139 Å². The fourth-order valence-corrected chi connectivity index (χ4v) is 3.57. The first kappa shape index (κ1) is 16.7. The molecule has 3 heterocycles. The lowest BCUT2D eigenvalue weighted by Gasteiger charge is -2.11. The number of hydrogen-bond acceptors (Lipinski definition) is 6. The van der Waals surface area contributed by atoms with Crippen LogP contribution in [0.4, 0.5) is 0 Å². The van der Waals surface area contributed by atoms with Crippen LogP contribution in [0.15, 0.2) is 21.6 Å². The summed E-state index contributed by atoms with van der Waals surface area (Å²) in [5, 5.41) is 7.59. The number of nitrogens with one attached hydrogen (secondary N) is 2. The molecule has 2 aromatic heterocycles. The summed E-state index contributed by atoms with van der Waals surface area (Å²) < 4.78 is 32.0. The molecule has 0 spiro atoms. The van der Waals surface area contributed by atoms with Crippen molar-refractivity contribution >= 4 is 15.9 Å². The normalized spacial score (nSPS) is 15.1. The van der Waals surface area contributed by atoms with Crippen LogP contribution in [0.2, 0.25) is 0 Å². The highest BCUT2D eigenvalue weighted by molar-refractivity contribution is 7.89. The van der Waals surface area contributed by atoms with Gasteiger partial charge in [-0.05, 0) is 25.3 Å². The van der Waals surface area contributed by atoms with Gasteiger partial charge in [0, 0.05) is 25.8 Å². The highest BCUT2D eigenvalue weighted by Crippen LogP contribution is 2.21. The smallest absolute Gasteiger partial charge is 0.311 e. The van der Waals surface area contributed by atoms with Gasteiger partial charge >= 0.3 is 11.8 Å². The zero-order valence-electron chi connectivity index (χ0n) is 13.3. The van der Waals surface area contributed by atoms with E-state index in [0.717, 1.165) is 12.8 Å². The van der Waals surface area contributed by atoms with E-state index in [1.165, 1.54) is 12.3 Å². The van der Waals surface area contributed by atoms with E-state index < -0.39 is 10.0 Å². The molecule has 1 saturated heterocycles. The molecule has 0 aliphatic carbocycles. The van der Waals surface area contributed by atoms with E-state index in [1.807, 2.05) is 6.92 Å². The highest BCUT2D eigenvalue weighted by Gasteiger charge is 2.25. The van der Waals surface area contributed by atoms with Crippen molar-refractivity contribution < 1.29 is 17.6 Å². The first-order chi connectivity index (χ1) is 11.5. The molecule has 10 heteroatoms. The lowest BCUT2D eigenvalue weighted by molar-refractivity contribution is 0.0754. The van der Waals surface area contributed by atoms with Gasteiger partial charge in [0.2, 0.25) is 10.0 Å². The SMILES string of the molecule is CCCNS(=O)(=O)c1c[nH]c(-c2nnc(C(=O)N3CCCC3)o2)c1. The number of likely N-dealkylation sites (tertiary alicyclic amines) is 1. The van der Waals surface area contributed by atoms with Gasteiger partial charge in [-0.25, -0.2) is 13.1 Å². The van der Waals surface area contributed by atoms with Crippen molar-refractivity contribution in [1.29, 1.82) is 0 Å². The molecule has 0 bridgehead atoms. The molecule has 24 heavy (non-hydrogen) atoms. The molecular weight excluding hydrogens is 334 g/mol. The second kappa shape index (κ2) is 6.73. The number of hydrogen-bond donors (Lipinski definition) is 2. The number of aromatic amines is 1. The van der Waals surface area contributed by atoms with Crippen LogP contribution in [-0.4, -0.2) is 54.0 Å². The number of rotatable bonds is 6. The van der Waals surface area contributed by atoms with Crippen LogP contribution in [0.5, 0.6) is 0 Å². The molecule has 0 unspecified atom stereocenters. The zero-order valence-corrected chi connectivity index (χ0v) is 14.1. The number of aromatic nitrogens is 3. The monoisotopic (exact) mass is 353 g/mol. The van der Waals surface area contributed by atoms with Gasteiger partial charge in [0.25, 0.3) is 5.89 Å². The molecule has 3 rings (SSSR count). The van der Waals surface area contributed by atoms with Crippen LogP contribution < -0.4 is 4.72 Å². The van der Waals surface area contributed by atoms with Crippen LogP contribution in [0.1, 0.15) is 36.9 Å². The summed E-state index contributed by atoms with van der Waals surface area (Å²) in [5.74, 6) is -0.306.